The van der Waals surface area contributed by atoms with Crippen LogP contribution in [0.2, 0.25) is 0 Å². The largest absolute Gasteiger partial charge is 0.378 e. The summed E-state index contributed by atoms with van der Waals surface area (Å²) >= 11 is 0. The van der Waals surface area contributed by atoms with Gasteiger partial charge in [0.1, 0.15) is 11.6 Å². The maximum absolute atomic E-state index is 13.3. The number of ketones is 1. The van der Waals surface area contributed by atoms with E-state index in [4.69, 9.17) is 4.74 Å². The molecule has 1 aromatic rings. The Morgan fingerprint density at radius 1 is 1.44 bits per heavy atom. The number of rotatable bonds is 3. The highest BCUT2D eigenvalue weighted by molar-refractivity contribution is 5.96. The van der Waals surface area contributed by atoms with E-state index in [0.29, 0.717) is 6.61 Å². The Labute approximate surface area is 92.2 Å². The molecule has 1 saturated heterocycles. The third-order valence-electron chi connectivity index (χ3n) is 2.67. The second kappa shape index (κ2) is 4.70. The molecule has 0 N–H and O–H groups in total. The Hall–Kier alpha value is -1.29. The number of carbonyl (C=O) groups is 1. The molecule has 16 heavy (non-hydrogen) atoms. The van der Waals surface area contributed by atoms with Gasteiger partial charge in [0.05, 0.1) is 11.7 Å². The van der Waals surface area contributed by atoms with E-state index in [9.17, 15) is 13.6 Å². The van der Waals surface area contributed by atoms with Crippen molar-refractivity contribution in [3.05, 3.63) is 35.4 Å². The molecule has 0 saturated carbocycles. The van der Waals surface area contributed by atoms with Crippen molar-refractivity contribution < 1.29 is 18.3 Å². The van der Waals surface area contributed by atoms with Gasteiger partial charge in [-0.2, -0.15) is 0 Å². The summed E-state index contributed by atoms with van der Waals surface area (Å²) in [7, 11) is 0. The number of halogens is 2. The Kier molecular flexibility index (Phi) is 3.29. The average molecular weight is 226 g/mol. The third-order valence-corrected chi connectivity index (χ3v) is 2.67. The molecule has 0 aromatic heterocycles. The molecule has 0 radical (unpaired) electrons. The van der Waals surface area contributed by atoms with E-state index in [-0.39, 0.29) is 18.1 Å². The van der Waals surface area contributed by atoms with Gasteiger partial charge in [0.2, 0.25) is 0 Å². The second-order valence-corrected chi connectivity index (χ2v) is 3.89. The molecule has 1 aromatic carbocycles. The van der Waals surface area contributed by atoms with Crippen LogP contribution >= 0.6 is 0 Å². The summed E-state index contributed by atoms with van der Waals surface area (Å²) in [6.45, 7) is 0.642. The third kappa shape index (κ3) is 2.44. The smallest absolute Gasteiger partial charge is 0.168 e. The Balaban J connectivity index is 2.10. The number of hydrogen-bond donors (Lipinski definition) is 0. The molecule has 1 unspecified atom stereocenters. The van der Waals surface area contributed by atoms with Gasteiger partial charge in [0.25, 0.3) is 0 Å². The molecular weight excluding hydrogens is 214 g/mol. The first-order valence-electron chi connectivity index (χ1n) is 5.26. The summed E-state index contributed by atoms with van der Waals surface area (Å²) in [5.74, 6) is -1.68. The highest BCUT2D eigenvalue weighted by Gasteiger charge is 2.21. The van der Waals surface area contributed by atoms with Gasteiger partial charge in [-0.3, -0.25) is 4.79 Å². The predicted molar refractivity (Wildman–Crippen MR) is 54.3 cm³/mol. The molecule has 4 heteroatoms. The fourth-order valence-electron chi connectivity index (χ4n) is 1.83. The first-order chi connectivity index (χ1) is 7.66. The van der Waals surface area contributed by atoms with E-state index in [2.05, 4.69) is 0 Å². The molecule has 0 bridgehead atoms. The van der Waals surface area contributed by atoms with Crippen molar-refractivity contribution in [3.63, 3.8) is 0 Å². The molecule has 1 aliphatic rings. The Bertz CT molecular complexity index is 398. The molecule has 1 aliphatic heterocycles. The molecule has 2 rings (SSSR count). The zero-order chi connectivity index (χ0) is 11.5. The lowest BCUT2D eigenvalue weighted by atomic mass is 10.0. The number of benzene rings is 1. The highest BCUT2D eigenvalue weighted by Crippen LogP contribution is 2.19. The van der Waals surface area contributed by atoms with Gasteiger partial charge >= 0.3 is 0 Å². The van der Waals surface area contributed by atoms with Crippen LogP contribution < -0.4 is 0 Å². The minimum Gasteiger partial charge on any atom is -0.378 e. The van der Waals surface area contributed by atoms with Crippen molar-refractivity contribution >= 4 is 5.78 Å². The normalized spacial score (nSPS) is 20.0. The van der Waals surface area contributed by atoms with Gasteiger partial charge in [0.15, 0.2) is 5.78 Å². The van der Waals surface area contributed by atoms with Crippen LogP contribution in [0.15, 0.2) is 18.2 Å². The molecule has 0 aliphatic carbocycles. The van der Waals surface area contributed by atoms with Crippen molar-refractivity contribution in [3.8, 4) is 0 Å². The summed E-state index contributed by atoms with van der Waals surface area (Å²) in [6.07, 6.45) is 1.71. The van der Waals surface area contributed by atoms with Crippen LogP contribution in [-0.2, 0) is 4.74 Å². The van der Waals surface area contributed by atoms with Crippen molar-refractivity contribution in [1.29, 1.82) is 0 Å². The summed E-state index contributed by atoms with van der Waals surface area (Å²) < 4.78 is 31.4. The van der Waals surface area contributed by atoms with Crippen molar-refractivity contribution in [2.45, 2.75) is 25.4 Å². The standard InChI is InChI=1S/C12H12F2O2/c13-8-3-4-11(14)10(6-8)12(15)7-9-2-1-5-16-9/h3-4,6,9H,1-2,5,7H2. The first kappa shape index (κ1) is 11.2. The quantitative estimate of drug-likeness (QED) is 0.741. The van der Waals surface area contributed by atoms with Gasteiger partial charge in [-0.25, -0.2) is 8.78 Å². The Morgan fingerprint density at radius 3 is 2.94 bits per heavy atom. The molecule has 1 heterocycles. The molecule has 1 atom stereocenters. The van der Waals surface area contributed by atoms with Crippen molar-refractivity contribution in [2.24, 2.45) is 0 Å². The van der Waals surface area contributed by atoms with E-state index in [1.807, 2.05) is 0 Å². The van der Waals surface area contributed by atoms with Crippen LogP contribution in [0.4, 0.5) is 8.78 Å². The molecular formula is C12H12F2O2. The van der Waals surface area contributed by atoms with Gasteiger partial charge in [-0.05, 0) is 31.0 Å². The fraction of sp³-hybridized carbons (Fsp3) is 0.417. The summed E-state index contributed by atoms with van der Waals surface area (Å²) in [5, 5.41) is 0. The summed E-state index contributed by atoms with van der Waals surface area (Å²) in [5.41, 5.74) is -0.185. The minimum atomic E-state index is -0.676. The molecule has 0 spiro atoms. The molecule has 2 nitrogen and oxygen atoms in total. The predicted octanol–water partition coefficient (Wildman–Crippen LogP) is 2.72. The van der Waals surface area contributed by atoms with Crippen molar-refractivity contribution in [2.75, 3.05) is 6.61 Å². The highest BCUT2D eigenvalue weighted by atomic mass is 19.1. The summed E-state index contributed by atoms with van der Waals surface area (Å²) in [6, 6.07) is 2.91. The molecule has 1 fully saturated rings. The van der Waals surface area contributed by atoms with Gasteiger partial charge in [0, 0.05) is 13.0 Å². The SMILES string of the molecule is O=C(CC1CCCO1)c1cc(F)ccc1F. The first-order valence-corrected chi connectivity index (χ1v) is 5.26. The topological polar surface area (TPSA) is 26.3 Å². The minimum absolute atomic E-state index is 0.125. The lowest BCUT2D eigenvalue weighted by Crippen LogP contribution is -2.14. The van der Waals surface area contributed by atoms with Crippen LogP contribution in [0.3, 0.4) is 0 Å². The van der Waals surface area contributed by atoms with E-state index in [1.165, 1.54) is 0 Å². The van der Waals surface area contributed by atoms with Crippen LogP contribution in [0.1, 0.15) is 29.6 Å². The number of hydrogen-bond acceptors (Lipinski definition) is 2. The van der Waals surface area contributed by atoms with Crippen LogP contribution in [0.25, 0.3) is 0 Å². The maximum Gasteiger partial charge on any atom is 0.168 e. The Morgan fingerprint density at radius 2 is 2.25 bits per heavy atom. The lowest BCUT2D eigenvalue weighted by molar-refractivity contribution is 0.0772. The average Bonchev–Trinajstić information content (AvgIpc) is 2.74. The van der Waals surface area contributed by atoms with E-state index >= 15 is 0 Å². The van der Waals surface area contributed by atoms with Gasteiger partial charge < -0.3 is 4.74 Å². The number of carbonyl (C=O) groups excluding carboxylic acids is 1. The fourth-order valence-corrected chi connectivity index (χ4v) is 1.83. The van der Waals surface area contributed by atoms with Crippen LogP contribution in [0, 0.1) is 11.6 Å². The van der Waals surface area contributed by atoms with E-state index < -0.39 is 17.4 Å². The van der Waals surface area contributed by atoms with Crippen LogP contribution in [0.5, 0.6) is 0 Å². The lowest BCUT2D eigenvalue weighted by Gasteiger charge is -2.08. The van der Waals surface area contributed by atoms with Crippen molar-refractivity contribution in [1.82, 2.24) is 0 Å². The molecule has 0 amide bonds. The van der Waals surface area contributed by atoms with Gasteiger partial charge in [-0.1, -0.05) is 0 Å². The summed E-state index contributed by atoms with van der Waals surface area (Å²) in [4.78, 5) is 11.7. The zero-order valence-electron chi connectivity index (χ0n) is 8.71. The second-order valence-electron chi connectivity index (χ2n) is 3.89. The molecule has 86 valence electrons. The van der Waals surface area contributed by atoms with Crippen LogP contribution in [-0.4, -0.2) is 18.5 Å². The van der Waals surface area contributed by atoms with E-state index in [1.54, 1.807) is 0 Å². The number of Topliss-reactive ketones (excluding diaryl/α,β-unsaturated/α-hetero) is 1. The zero-order valence-corrected chi connectivity index (χ0v) is 8.71. The maximum atomic E-state index is 13.3. The monoisotopic (exact) mass is 226 g/mol. The number of ether oxygens (including phenoxy) is 1. The van der Waals surface area contributed by atoms with E-state index in [0.717, 1.165) is 31.0 Å². The van der Waals surface area contributed by atoms with Gasteiger partial charge in [-0.15, -0.1) is 0 Å².